The Kier molecular flexibility index (Phi) is 2.96. The van der Waals surface area contributed by atoms with Crippen molar-refractivity contribution in [2.45, 2.75) is 19.9 Å². The van der Waals surface area contributed by atoms with Gasteiger partial charge in [-0.15, -0.1) is 0 Å². The first-order valence-corrected chi connectivity index (χ1v) is 5.23. The van der Waals surface area contributed by atoms with Crippen molar-refractivity contribution in [3.63, 3.8) is 0 Å². The monoisotopic (exact) mass is 217 g/mol. The second kappa shape index (κ2) is 4.40. The number of rotatable bonds is 3. The van der Waals surface area contributed by atoms with Crippen LogP contribution in [0.2, 0.25) is 0 Å². The largest absolute Gasteiger partial charge is 0.322 e. The molecular formula is C11H15N5. The minimum atomic E-state index is -0.0392. The Labute approximate surface area is 94.4 Å². The van der Waals surface area contributed by atoms with Crippen molar-refractivity contribution in [1.82, 2.24) is 19.5 Å². The summed E-state index contributed by atoms with van der Waals surface area (Å²) in [6.45, 7) is 4.17. The summed E-state index contributed by atoms with van der Waals surface area (Å²) in [5.41, 5.74) is 7.98. The maximum absolute atomic E-state index is 6.12. The summed E-state index contributed by atoms with van der Waals surface area (Å²) < 4.78 is 1.92. The average molecular weight is 217 g/mol. The molecular weight excluding hydrogens is 202 g/mol. The van der Waals surface area contributed by atoms with Crippen LogP contribution in [0.25, 0.3) is 5.69 Å². The second-order valence-corrected chi connectivity index (χ2v) is 4.05. The van der Waals surface area contributed by atoms with Gasteiger partial charge in [0.05, 0.1) is 36.3 Å². The van der Waals surface area contributed by atoms with Gasteiger partial charge in [0.25, 0.3) is 0 Å². The highest BCUT2D eigenvalue weighted by molar-refractivity contribution is 5.28. The minimum absolute atomic E-state index is 0.0392. The molecule has 2 aromatic heterocycles. The summed E-state index contributed by atoms with van der Waals surface area (Å²) in [6, 6.07) is -0.0392. The zero-order valence-electron chi connectivity index (χ0n) is 9.41. The number of nitrogens with two attached hydrogens (primary N) is 1. The molecule has 0 amide bonds. The van der Waals surface area contributed by atoms with Gasteiger partial charge in [-0.1, -0.05) is 13.8 Å². The number of nitrogens with zero attached hydrogens (tertiary/aromatic N) is 4. The lowest BCUT2D eigenvalue weighted by Crippen LogP contribution is -2.19. The normalized spacial score (nSPS) is 13.0. The zero-order valence-corrected chi connectivity index (χ0v) is 9.41. The lowest BCUT2D eigenvalue weighted by molar-refractivity contribution is 0.496. The molecule has 0 spiro atoms. The second-order valence-electron chi connectivity index (χ2n) is 4.05. The topological polar surface area (TPSA) is 69.6 Å². The first-order valence-electron chi connectivity index (χ1n) is 5.23. The van der Waals surface area contributed by atoms with E-state index in [1.54, 1.807) is 24.9 Å². The lowest BCUT2D eigenvalue weighted by Gasteiger charge is -2.17. The van der Waals surface area contributed by atoms with Crippen LogP contribution in [0.1, 0.15) is 25.6 Å². The predicted octanol–water partition coefficient (Wildman–Crippen LogP) is 1.32. The lowest BCUT2D eigenvalue weighted by atomic mass is 10.0. The molecule has 0 saturated carbocycles. The quantitative estimate of drug-likeness (QED) is 0.841. The van der Waals surface area contributed by atoms with E-state index in [-0.39, 0.29) is 6.04 Å². The first kappa shape index (κ1) is 10.8. The Morgan fingerprint density at radius 2 is 1.81 bits per heavy atom. The smallest absolute Gasteiger partial charge is 0.115 e. The number of hydrogen-bond acceptors (Lipinski definition) is 4. The Balaban J connectivity index is 2.40. The third-order valence-electron chi connectivity index (χ3n) is 2.55. The molecule has 0 aromatic carbocycles. The molecule has 1 unspecified atom stereocenters. The van der Waals surface area contributed by atoms with Gasteiger partial charge in [0.1, 0.15) is 6.33 Å². The molecule has 1 atom stereocenters. The van der Waals surface area contributed by atoms with Gasteiger partial charge in [-0.25, -0.2) is 15.0 Å². The Morgan fingerprint density at radius 1 is 1.12 bits per heavy atom. The van der Waals surface area contributed by atoms with Crippen LogP contribution in [0.4, 0.5) is 0 Å². The summed E-state index contributed by atoms with van der Waals surface area (Å²) in [4.78, 5) is 12.1. The van der Waals surface area contributed by atoms with Crippen molar-refractivity contribution in [2.75, 3.05) is 0 Å². The van der Waals surface area contributed by atoms with Crippen molar-refractivity contribution in [3.8, 4) is 5.69 Å². The van der Waals surface area contributed by atoms with Crippen molar-refractivity contribution in [3.05, 3.63) is 36.9 Å². The molecule has 5 nitrogen and oxygen atoms in total. The van der Waals surface area contributed by atoms with Crippen LogP contribution in [0.5, 0.6) is 0 Å². The van der Waals surface area contributed by atoms with Crippen LogP contribution >= 0.6 is 0 Å². The van der Waals surface area contributed by atoms with Gasteiger partial charge >= 0.3 is 0 Å². The molecule has 2 N–H and O–H groups in total. The maximum atomic E-state index is 6.12. The average Bonchev–Trinajstić information content (AvgIpc) is 2.77. The number of hydrogen-bond donors (Lipinski definition) is 1. The molecule has 0 bridgehead atoms. The van der Waals surface area contributed by atoms with Crippen molar-refractivity contribution < 1.29 is 0 Å². The van der Waals surface area contributed by atoms with E-state index in [1.165, 1.54) is 6.33 Å². The van der Waals surface area contributed by atoms with Gasteiger partial charge in [-0.2, -0.15) is 0 Å². The highest BCUT2D eigenvalue weighted by atomic mass is 15.1. The highest BCUT2D eigenvalue weighted by Gasteiger charge is 2.15. The third-order valence-corrected chi connectivity index (χ3v) is 2.55. The Bertz CT molecular complexity index is 448. The molecule has 5 heteroatoms. The summed E-state index contributed by atoms with van der Waals surface area (Å²) >= 11 is 0. The van der Waals surface area contributed by atoms with E-state index in [4.69, 9.17) is 5.73 Å². The van der Waals surface area contributed by atoms with Crippen LogP contribution in [0.15, 0.2) is 31.2 Å². The van der Waals surface area contributed by atoms with Gasteiger partial charge in [-0.3, -0.25) is 4.57 Å². The third kappa shape index (κ3) is 1.94. The standard InChI is InChI=1S/C11H15N5/c1-8(2)11(12)10-5-15-7-16(10)9-3-13-6-14-4-9/h3-8,11H,12H2,1-2H3. The molecule has 0 radical (unpaired) electrons. The van der Waals surface area contributed by atoms with Crippen LogP contribution in [-0.4, -0.2) is 19.5 Å². The van der Waals surface area contributed by atoms with E-state index >= 15 is 0 Å². The summed E-state index contributed by atoms with van der Waals surface area (Å²) in [7, 11) is 0. The molecule has 2 heterocycles. The van der Waals surface area contributed by atoms with Crippen LogP contribution < -0.4 is 5.73 Å². The molecule has 16 heavy (non-hydrogen) atoms. The summed E-state index contributed by atoms with van der Waals surface area (Å²) in [6.07, 6.45) is 8.51. The van der Waals surface area contributed by atoms with Crippen LogP contribution in [-0.2, 0) is 0 Å². The molecule has 0 aliphatic heterocycles. The SMILES string of the molecule is CC(C)C(N)c1cncn1-c1cncnc1. The van der Waals surface area contributed by atoms with E-state index in [1.807, 2.05) is 4.57 Å². The van der Waals surface area contributed by atoms with Gasteiger partial charge < -0.3 is 5.73 Å². The van der Waals surface area contributed by atoms with Crippen molar-refractivity contribution in [1.29, 1.82) is 0 Å². The zero-order chi connectivity index (χ0) is 11.5. The van der Waals surface area contributed by atoms with E-state index in [2.05, 4.69) is 28.8 Å². The summed E-state index contributed by atoms with van der Waals surface area (Å²) in [5, 5.41) is 0. The maximum Gasteiger partial charge on any atom is 0.115 e. The first-order chi connectivity index (χ1) is 7.70. The Hall–Kier alpha value is -1.75. The molecule has 0 saturated heterocycles. The number of aromatic nitrogens is 4. The highest BCUT2D eigenvalue weighted by Crippen LogP contribution is 2.20. The van der Waals surface area contributed by atoms with Gasteiger partial charge in [-0.05, 0) is 5.92 Å². The van der Waals surface area contributed by atoms with Gasteiger partial charge in [0, 0.05) is 6.04 Å². The van der Waals surface area contributed by atoms with Gasteiger partial charge in [0.2, 0.25) is 0 Å². The molecule has 2 rings (SSSR count). The molecule has 84 valence electrons. The fourth-order valence-corrected chi connectivity index (χ4v) is 1.52. The Morgan fingerprint density at radius 3 is 2.44 bits per heavy atom. The number of imidazole rings is 1. The van der Waals surface area contributed by atoms with Gasteiger partial charge in [0.15, 0.2) is 0 Å². The molecule has 0 aliphatic carbocycles. The molecule has 2 aromatic rings. The molecule has 0 aliphatic rings. The van der Waals surface area contributed by atoms with Crippen LogP contribution in [0, 0.1) is 5.92 Å². The fourth-order valence-electron chi connectivity index (χ4n) is 1.52. The fraction of sp³-hybridized carbons (Fsp3) is 0.364. The molecule has 0 fully saturated rings. The van der Waals surface area contributed by atoms with Crippen molar-refractivity contribution in [2.24, 2.45) is 11.7 Å². The van der Waals surface area contributed by atoms with E-state index in [0.717, 1.165) is 11.4 Å². The van der Waals surface area contributed by atoms with Crippen molar-refractivity contribution >= 4 is 0 Å². The predicted molar refractivity (Wildman–Crippen MR) is 60.9 cm³/mol. The summed E-state index contributed by atoms with van der Waals surface area (Å²) in [5.74, 6) is 0.361. The van der Waals surface area contributed by atoms with Crippen LogP contribution in [0.3, 0.4) is 0 Å². The van der Waals surface area contributed by atoms with E-state index in [0.29, 0.717) is 5.92 Å². The minimum Gasteiger partial charge on any atom is -0.322 e. The van der Waals surface area contributed by atoms with E-state index < -0.39 is 0 Å². The van der Waals surface area contributed by atoms with E-state index in [9.17, 15) is 0 Å².